The molecule has 0 saturated heterocycles. The molecule has 0 aromatic carbocycles. The summed E-state index contributed by atoms with van der Waals surface area (Å²) in [4.78, 5) is 20.9. The van der Waals surface area contributed by atoms with Crippen LogP contribution in [0.1, 0.15) is 5.82 Å². The number of aromatic nitrogens is 2. The van der Waals surface area contributed by atoms with Crippen molar-refractivity contribution in [3.8, 4) is 10.4 Å². The molecule has 92 valence electrons. The summed E-state index contributed by atoms with van der Waals surface area (Å²) in [6.07, 6.45) is 0. The van der Waals surface area contributed by atoms with Gasteiger partial charge in [0.2, 0.25) is 0 Å². The van der Waals surface area contributed by atoms with Crippen LogP contribution in [0, 0.1) is 0 Å². The monoisotopic (exact) mass is 360 g/mol. The number of hydrogen-bond donors (Lipinski definition) is 1. The predicted octanol–water partition coefficient (Wildman–Crippen LogP) is 4.21. The molecule has 0 aliphatic carbocycles. The Bertz CT molecular complexity index is 777. The highest BCUT2D eigenvalue weighted by molar-refractivity contribution is 9.10. The van der Waals surface area contributed by atoms with Crippen molar-refractivity contribution in [2.24, 2.45) is 0 Å². The van der Waals surface area contributed by atoms with Gasteiger partial charge in [0.05, 0.1) is 11.3 Å². The highest BCUT2D eigenvalue weighted by Crippen LogP contribution is 2.36. The minimum atomic E-state index is -0.128. The molecule has 0 radical (unpaired) electrons. The Balaban J connectivity index is 2.29. The van der Waals surface area contributed by atoms with Crippen LogP contribution in [0.15, 0.2) is 26.1 Å². The summed E-state index contributed by atoms with van der Waals surface area (Å²) in [5, 5.41) is 4.60. The van der Waals surface area contributed by atoms with Crippen LogP contribution in [-0.2, 0) is 5.88 Å². The number of rotatable bonds is 2. The van der Waals surface area contributed by atoms with Gasteiger partial charge in [0.15, 0.2) is 0 Å². The summed E-state index contributed by atoms with van der Waals surface area (Å²) in [6.45, 7) is 0. The lowest BCUT2D eigenvalue weighted by atomic mass is 10.2. The molecule has 3 heterocycles. The minimum absolute atomic E-state index is 0.128. The van der Waals surface area contributed by atoms with Gasteiger partial charge in [0.1, 0.15) is 10.7 Å². The molecule has 3 aromatic rings. The van der Waals surface area contributed by atoms with Gasteiger partial charge < -0.3 is 4.98 Å². The first-order valence-electron chi connectivity index (χ1n) is 5.00. The number of nitrogens with one attached hydrogen (secondary N) is 1. The Morgan fingerprint density at radius 3 is 2.89 bits per heavy atom. The van der Waals surface area contributed by atoms with Crippen LogP contribution in [-0.4, -0.2) is 9.97 Å². The molecule has 0 atom stereocenters. The highest BCUT2D eigenvalue weighted by atomic mass is 79.9. The van der Waals surface area contributed by atoms with Gasteiger partial charge in [-0.15, -0.1) is 34.3 Å². The second-order valence-electron chi connectivity index (χ2n) is 3.60. The third-order valence-electron chi connectivity index (χ3n) is 2.45. The van der Waals surface area contributed by atoms with E-state index in [0.29, 0.717) is 11.2 Å². The third kappa shape index (κ3) is 2.03. The fraction of sp³-hybridized carbons (Fsp3) is 0.0909. The van der Waals surface area contributed by atoms with Gasteiger partial charge in [-0.25, -0.2) is 4.98 Å². The van der Waals surface area contributed by atoms with Gasteiger partial charge >= 0.3 is 0 Å². The van der Waals surface area contributed by atoms with E-state index in [-0.39, 0.29) is 11.4 Å². The van der Waals surface area contributed by atoms with E-state index in [2.05, 4.69) is 25.9 Å². The molecule has 0 unspecified atom stereocenters. The zero-order chi connectivity index (χ0) is 12.7. The van der Waals surface area contributed by atoms with Crippen molar-refractivity contribution >= 4 is 60.4 Å². The molecule has 0 aliphatic heterocycles. The van der Waals surface area contributed by atoms with Crippen molar-refractivity contribution in [1.29, 1.82) is 0 Å². The van der Waals surface area contributed by atoms with Crippen molar-refractivity contribution in [2.75, 3.05) is 0 Å². The van der Waals surface area contributed by atoms with E-state index >= 15 is 0 Å². The molecule has 0 spiro atoms. The maximum atomic E-state index is 12.1. The lowest BCUT2D eigenvalue weighted by Gasteiger charge is -1.97. The van der Waals surface area contributed by atoms with E-state index in [0.717, 1.165) is 19.7 Å². The molecule has 0 bridgehead atoms. The molecule has 1 N–H and O–H groups in total. The Kier molecular flexibility index (Phi) is 3.27. The number of thiophene rings is 2. The average molecular weight is 362 g/mol. The fourth-order valence-electron chi connectivity index (χ4n) is 1.69. The van der Waals surface area contributed by atoms with Gasteiger partial charge in [-0.1, -0.05) is 0 Å². The molecule has 0 fully saturated rings. The summed E-state index contributed by atoms with van der Waals surface area (Å²) in [6, 6.07) is 2.00. The minimum Gasteiger partial charge on any atom is -0.309 e. The normalized spacial score (nSPS) is 11.2. The van der Waals surface area contributed by atoms with Crippen LogP contribution >= 0.6 is 50.2 Å². The number of hydrogen-bond acceptors (Lipinski definition) is 4. The van der Waals surface area contributed by atoms with Crippen LogP contribution in [0.25, 0.3) is 20.7 Å². The van der Waals surface area contributed by atoms with E-state index in [9.17, 15) is 4.79 Å². The largest absolute Gasteiger partial charge is 0.309 e. The lowest BCUT2D eigenvalue weighted by molar-refractivity contribution is 1.04. The predicted molar refractivity (Wildman–Crippen MR) is 80.8 cm³/mol. The van der Waals surface area contributed by atoms with Crippen LogP contribution in [0.2, 0.25) is 0 Å². The molecule has 18 heavy (non-hydrogen) atoms. The van der Waals surface area contributed by atoms with Gasteiger partial charge in [-0.2, -0.15) is 0 Å². The highest BCUT2D eigenvalue weighted by Gasteiger charge is 2.13. The van der Waals surface area contributed by atoms with Gasteiger partial charge in [0, 0.05) is 25.7 Å². The molecule has 7 heteroatoms. The van der Waals surface area contributed by atoms with Crippen molar-refractivity contribution < 1.29 is 0 Å². The maximum Gasteiger partial charge on any atom is 0.260 e. The zero-order valence-electron chi connectivity index (χ0n) is 8.87. The van der Waals surface area contributed by atoms with Crippen LogP contribution in [0.4, 0.5) is 0 Å². The molecule has 0 aliphatic rings. The average Bonchev–Trinajstić information content (AvgIpc) is 2.94. The summed E-state index contributed by atoms with van der Waals surface area (Å²) in [5.74, 6) is 0.720. The third-order valence-corrected chi connectivity index (χ3v) is 5.30. The molecule has 3 aromatic heterocycles. The molecule has 0 amide bonds. The van der Waals surface area contributed by atoms with Gasteiger partial charge in [-0.3, -0.25) is 4.79 Å². The molecular formula is C11H6BrClN2OS2. The summed E-state index contributed by atoms with van der Waals surface area (Å²) in [5.41, 5.74) is 0.803. The number of H-pyrrole nitrogens is 1. The second kappa shape index (κ2) is 4.77. The van der Waals surface area contributed by atoms with Crippen molar-refractivity contribution in [3.05, 3.63) is 37.5 Å². The second-order valence-corrected chi connectivity index (χ2v) is 6.56. The molecule has 3 rings (SSSR count). The van der Waals surface area contributed by atoms with Gasteiger partial charge in [0.25, 0.3) is 5.56 Å². The van der Waals surface area contributed by atoms with Crippen molar-refractivity contribution in [2.45, 2.75) is 5.88 Å². The molecule has 0 saturated carbocycles. The Hall–Kier alpha value is -0.690. The quantitative estimate of drug-likeness (QED) is 0.695. The number of aromatic amines is 1. The SMILES string of the molecule is O=c1[nH]c(CCl)nc2scc(-c3cc(Br)cs3)c12. The fourth-order valence-corrected chi connectivity index (χ4v) is 4.30. The van der Waals surface area contributed by atoms with Crippen molar-refractivity contribution in [1.82, 2.24) is 9.97 Å². The molecular weight excluding hydrogens is 356 g/mol. The summed E-state index contributed by atoms with van der Waals surface area (Å²) in [7, 11) is 0. The van der Waals surface area contributed by atoms with E-state index in [1.54, 1.807) is 11.3 Å². The Morgan fingerprint density at radius 1 is 1.39 bits per heavy atom. The smallest absolute Gasteiger partial charge is 0.260 e. The number of nitrogens with zero attached hydrogens (tertiary/aromatic N) is 1. The van der Waals surface area contributed by atoms with Crippen LogP contribution in [0.5, 0.6) is 0 Å². The number of alkyl halides is 1. The van der Waals surface area contributed by atoms with E-state index in [4.69, 9.17) is 11.6 Å². The standard InChI is InChI=1S/C11H6BrClN2OS2/c12-5-1-7(17-3-5)6-4-18-11-9(6)10(16)14-8(2-13)15-11/h1,3-4H,2H2,(H,14,15,16). The topological polar surface area (TPSA) is 45.8 Å². The van der Waals surface area contributed by atoms with E-state index in [1.807, 2.05) is 16.8 Å². The number of halogens is 2. The summed E-state index contributed by atoms with van der Waals surface area (Å²) >= 11 is 12.2. The van der Waals surface area contributed by atoms with Gasteiger partial charge in [-0.05, 0) is 22.0 Å². The van der Waals surface area contributed by atoms with Crippen LogP contribution in [0.3, 0.4) is 0 Å². The zero-order valence-corrected chi connectivity index (χ0v) is 12.8. The van der Waals surface area contributed by atoms with Crippen LogP contribution < -0.4 is 5.56 Å². The first-order chi connectivity index (χ1) is 8.69. The first kappa shape index (κ1) is 12.3. The Labute approximate surface area is 124 Å². The summed E-state index contributed by atoms with van der Waals surface area (Å²) < 4.78 is 1.02. The lowest BCUT2D eigenvalue weighted by Crippen LogP contribution is -2.10. The molecule has 3 nitrogen and oxygen atoms in total. The van der Waals surface area contributed by atoms with Crippen molar-refractivity contribution in [3.63, 3.8) is 0 Å². The number of fused-ring (bicyclic) bond motifs is 1. The Morgan fingerprint density at radius 2 is 2.22 bits per heavy atom. The maximum absolute atomic E-state index is 12.1. The first-order valence-corrected chi connectivity index (χ1v) is 8.08. The van der Waals surface area contributed by atoms with E-state index in [1.165, 1.54) is 11.3 Å². The van der Waals surface area contributed by atoms with E-state index < -0.39 is 0 Å².